The van der Waals surface area contributed by atoms with Gasteiger partial charge in [0.25, 0.3) is 0 Å². The van der Waals surface area contributed by atoms with Gasteiger partial charge in [0.2, 0.25) is 0 Å². The van der Waals surface area contributed by atoms with Gasteiger partial charge in [0, 0.05) is 28.1 Å². The Morgan fingerprint density at radius 2 is 1.81 bits per heavy atom. The normalized spacial score (nSPS) is 17.0. The molecule has 0 saturated carbocycles. The molecule has 4 aromatic carbocycles. The number of Topliss-reactive ketones (excluding diaryl/α,β-unsaturated/α-hetero) is 1. The summed E-state index contributed by atoms with van der Waals surface area (Å²) in [5.74, 6) is 0.671. The summed E-state index contributed by atoms with van der Waals surface area (Å²) in [5, 5.41) is 13.4. The van der Waals surface area contributed by atoms with Crippen LogP contribution in [-0.4, -0.2) is 5.78 Å². The predicted molar refractivity (Wildman–Crippen MR) is 168 cm³/mol. The van der Waals surface area contributed by atoms with Crippen LogP contribution in [0.1, 0.15) is 53.0 Å². The van der Waals surface area contributed by atoms with Crippen LogP contribution >= 0.6 is 11.6 Å². The number of hydrogen-bond acceptors (Lipinski definition) is 5. The molecule has 42 heavy (non-hydrogen) atoms. The van der Waals surface area contributed by atoms with E-state index < -0.39 is 5.92 Å². The first kappa shape index (κ1) is 27.6. The highest BCUT2D eigenvalue weighted by atomic mass is 35.5. The molecule has 0 radical (unpaired) electrons. The van der Waals surface area contributed by atoms with Crippen molar-refractivity contribution in [3.05, 3.63) is 128 Å². The molecule has 0 bridgehead atoms. The molecule has 5 nitrogen and oxygen atoms in total. The number of ether oxygens (including phenoxy) is 1. The molecule has 4 aromatic rings. The number of allylic oxidation sites excluding steroid dienone is 3. The van der Waals surface area contributed by atoms with Crippen molar-refractivity contribution < 1.29 is 9.53 Å². The largest absolute Gasteiger partial charge is 0.489 e. The number of benzene rings is 4. The Labute approximate surface area is 251 Å². The van der Waals surface area contributed by atoms with Crippen LogP contribution in [0.15, 0.2) is 95.5 Å². The number of hydrogen-bond donors (Lipinski definition) is 1. The first-order chi connectivity index (χ1) is 20.3. The monoisotopic (exact) mass is 573 g/mol. The third kappa shape index (κ3) is 4.72. The zero-order valence-electron chi connectivity index (χ0n) is 24.0. The Morgan fingerprint density at radius 3 is 2.60 bits per heavy atom. The number of anilines is 1. The van der Waals surface area contributed by atoms with Gasteiger partial charge in [0.1, 0.15) is 18.2 Å². The van der Waals surface area contributed by atoms with Crippen molar-refractivity contribution >= 4 is 33.8 Å². The van der Waals surface area contributed by atoms with Crippen molar-refractivity contribution in [2.75, 3.05) is 4.90 Å². The molecular weight excluding hydrogens is 542 g/mol. The lowest BCUT2D eigenvalue weighted by Crippen LogP contribution is -2.39. The van der Waals surface area contributed by atoms with Gasteiger partial charge in [-0.05, 0) is 85.5 Å². The van der Waals surface area contributed by atoms with Crippen LogP contribution in [0.3, 0.4) is 0 Å². The second kappa shape index (κ2) is 11.0. The molecule has 210 valence electrons. The van der Waals surface area contributed by atoms with Crippen LogP contribution in [0.25, 0.3) is 10.8 Å². The standard InChI is InChI=1S/C36H32ClN3O2/c1-21-16-25(20-42-33-15-14-26(37)18-22(33)2)23(3)28(17-21)34-29(19-38)36(39)40(31-12-7-13-32(41)35(31)34)30-11-6-9-24-8-4-5-10-27(24)30/h4-6,8-11,14-18,34H,7,12-13,20,39H2,1-3H3. The first-order valence-corrected chi connectivity index (χ1v) is 14.6. The molecule has 2 N–H and O–H groups in total. The molecule has 0 saturated heterocycles. The Morgan fingerprint density at radius 1 is 1.02 bits per heavy atom. The highest BCUT2D eigenvalue weighted by molar-refractivity contribution is 6.30. The van der Waals surface area contributed by atoms with E-state index >= 15 is 0 Å². The molecule has 0 amide bonds. The number of fused-ring (bicyclic) bond motifs is 1. The number of carbonyl (C=O) groups is 1. The van der Waals surface area contributed by atoms with Crippen molar-refractivity contribution in [3.63, 3.8) is 0 Å². The van der Waals surface area contributed by atoms with Crippen molar-refractivity contribution in [1.82, 2.24) is 0 Å². The maximum atomic E-state index is 13.8. The molecule has 6 heteroatoms. The lowest BCUT2D eigenvalue weighted by Gasteiger charge is -2.40. The highest BCUT2D eigenvalue weighted by Gasteiger charge is 2.41. The summed E-state index contributed by atoms with van der Waals surface area (Å²) in [5.41, 5.74) is 14.7. The molecule has 1 heterocycles. The third-order valence-corrected chi connectivity index (χ3v) is 8.69. The van der Waals surface area contributed by atoms with Gasteiger partial charge < -0.3 is 10.5 Å². The van der Waals surface area contributed by atoms with Crippen LogP contribution in [0.5, 0.6) is 5.75 Å². The number of carbonyl (C=O) groups excluding carboxylic acids is 1. The molecule has 0 aromatic heterocycles. The van der Waals surface area contributed by atoms with Gasteiger partial charge in [0.05, 0.1) is 23.2 Å². The number of nitriles is 1. The van der Waals surface area contributed by atoms with Gasteiger partial charge in [-0.25, -0.2) is 0 Å². The second-order valence-electron chi connectivity index (χ2n) is 11.2. The fraction of sp³-hybridized carbons (Fsp3) is 0.222. The van der Waals surface area contributed by atoms with E-state index in [0.717, 1.165) is 62.1 Å². The third-order valence-electron chi connectivity index (χ3n) is 8.45. The lowest BCUT2D eigenvalue weighted by molar-refractivity contribution is -0.116. The van der Waals surface area contributed by atoms with Crippen LogP contribution < -0.4 is 15.4 Å². The molecule has 0 fully saturated rings. The topological polar surface area (TPSA) is 79.3 Å². The highest BCUT2D eigenvalue weighted by Crippen LogP contribution is 2.48. The number of halogens is 1. The molecule has 1 unspecified atom stereocenters. The van der Waals surface area contributed by atoms with E-state index in [1.54, 1.807) is 0 Å². The van der Waals surface area contributed by atoms with Crippen molar-refractivity contribution in [1.29, 1.82) is 5.26 Å². The van der Waals surface area contributed by atoms with E-state index in [1.807, 2.05) is 68.1 Å². The van der Waals surface area contributed by atoms with Crippen LogP contribution in [-0.2, 0) is 11.4 Å². The zero-order chi connectivity index (χ0) is 29.5. The van der Waals surface area contributed by atoms with Gasteiger partial charge in [-0.15, -0.1) is 0 Å². The number of ketones is 1. The van der Waals surface area contributed by atoms with Crippen LogP contribution in [0.2, 0.25) is 5.02 Å². The average Bonchev–Trinajstić information content (AvgIpc) is 2.97. The molecule has 6 rings (SSSR count). The first-order valence-electron chi connectivity index (χ1n) is 14.2. The van der Waals surface area contributed by atoms with Gasteiger partial charge in [-0.1, -0.05) is 65.7 Å². The van der Waals surface area contributed by atoms with Gasteiger partial charge in [0.15, 0.2) is 5.78 Å². The summed E-state index contributed by atoms with van der Waals surface area (Å²) in [6.07, 6.45) is 1.90. The minimum Gasteiger partial charge on any atom is -0.489 e. The molecule has 2 aliphatic rings. The molecular formula is C36H32ClN3O2. The Balaban J connectivity index is 1.50. The van der Waals surface area contributed by atoms with E-state index in [4.69, 9.17) is 22.1 Å². The fourth-order valence-corrected chi connectivity index (χ4v) is 6.65. The number of nitrogens with zero attached hydrogens (tertiary/aromatic N) is 2. The quantitative estimate of drug-likeness (QED) is 0.260. The summed E-state index contributed by atoms with van der Waals surface area (Å²) in [7, 11) is 0. The second-order valence-corrected chi connectivity index (χ2v) is 11.6. The minimum atomic E-state index is -0.542. The van der Waals surface area contributed by atoms with Crippen molar-refractivity contribution in [2.45, 2.75) is 52.6 Å². The molecule has 1 aliphatic carbocycles. The zero-order valence-corrected chi connectivity index (χ0v) is 24.8. The van der Waals surface area contributed by atoms with E-state index in [2.05, 4.69) is 36.4 Å². The predicted octanol–water partition coefficient (Wildman–Crippen LogP) is 8.30. The summed E-state index contributed by atoms with van der Waals surface area (Å²) in [4.78, 5) is 15.7. The van der Waals surface area contributed by atoms with Crippen molar-refractivity contribution in [3.8, 4) is 11.8 Å². The maximum Gasteiger partial charge on any atom is 0.161 e. The SMILES string of the molecule is Cc1cc(COc2ccc(Cl)cc2C)c(C)c(C2C(C#N)=C(N)N(c3cccc4ccccc34)C3=C2C(=O)CCC3)c1. The van der Waals surface area contributed by atoms with E-state index in [0.29, 0.717) is 41.4 Å². The Kier molecular flexibility index (Phi) is 7.26. The van der Waals surface area contributed by atoms with Crippen molar-refractivity contribution in [2.24, 2.45) is 5.73 Å². The smallest absolute Gasteiger partial charge is 0.161 e. The minimum absolute atomic E-state index is 0.0715. The molecule has 1 atom stereocenters. The van der Waals surface area contributed by atoms with E-state index in [1.165, 1.54) is 0 Å². The number of aryl methyl sites for hydroxylation is 2. The van der Waals surface area contributed by atoms with Crippen LogP contribution in [0, 0.1) is 32.1 Å². The summed E-state index contributed by atoms with van der Waals surface area (Å²) in [6.45, 7) is 6.38. The summed E-state index contributed by atoms with van der Waals surface area (Å²) < 4.78 is 6.23. The van der Waals surface area contributed by atoms with Gasteiger partial charge >= 0.3 is 0 Å². The van der Waals surface area contributed by atoms with Gasteiger partial charge in [-0.3, -0.25) is 9.69 Å². The molecule has 1 aliphatic heterocycles. The molecule has 0 spiro atoms. The summed E-state index contributed by atoms with van der Waals surface area (Å²) in [6, 6.07) is 26.4. The summed E-state index contributed by atoms with van der Waals surface area (Å²) >= 11 is 6.14. The van der Waals surface area contributed by atoms with Gasteiger partial charge in [-0.2, -0.15) is 5.26 Å². The Bertz CT molecular complexity index is 1860. The number of rotatable bonds is 5. The van der Waals surface area contributed by atoms with E-state index in [-0.39, 0.29) is 5.78 Å². The van der Waals surface area contributed by atoms with Crippen LogP contribution in [0.4, 0.5) is 5.69 Å². The number of nitrogens with two attached hydrogens (primary N) is 1. The average molecular weight is 574 g/mol. The fourth-order valence-electron chi connectivity index (χ4n) is 6.42. The Hall–Kier alpha value is -4.53. The van der Waals surface area contributed by atoms with E-state index in [9.17, 15) is 10.1 Å². The lowest BCUT2D eigenvalue weighted by atomic mass is 9.73. The maximum absolute atomic E-state index is 13.8.